The molecule has 22 heavy (non-hydrogen) atoms. The van der Waals surface area contributed by atoms with Crippen molar-refractivity contribution in [2.45, 2.75) is 13.1 Å². The molecule has 0 fully saturated rings. The SMILES string of the molecule is CC(=O)c1cccc(Oc2c(Cl)cc(C(F)(F)F)cc2Cl)c1. The molecule has 0 saturated heterocycles. The fraction of sp³-hybridized carbons (Fsp3) is 0.133. The summed E-state index contributed by atoms with van der Waals surface area (Å²) in [7, 11) is 0. The van der Waals surface area contributed by atoms with Crippen molar-refractivity contribution in [1.82, 2.24) is 0 Å². The fourth-order valence-corrected chi connectivity index (χ4v) is 2.28. The van der Waals surface area contributed by atoms with Crippen LogP contribution in [-0.4, -0.2) is 5.78 Å². The molecule has 116 valence electrons. The molecule has 2 aromatic carbocycles. The van der Waals surface area contributed by atoms with Crippen molar-refractivity contribution in [2.75, 3.05) is 0 Å². The minimum absolute atomic E-state index is 0.1000. The predicted molar refractivity (Wildman–Crippen MR) is 78.0 cm³/mol. The molecule has 0 aliphatic rings. The molecule has 0 N–H and O–H groups in total. The fourth-order valence-electron chi connectivity index (χ4n) is 1.72. The van der Waals surface area contributed by atoms with E-state index in [1.54, 1.807) is 12.1 Å². The van der Waals surface area contributed by atoms with Crippen LogP contribution in [0, 0.1) is 0 Å². The van der Waals surface area contributed by atoms with Gasteiger partial charge in [0, 0.05) is 5.56 Å². The zero-order chi connectivity index (χ0) is 16.5. The van der Waals surface area contributed by atoms with Crippen LogP contribution >= 0.6 is 23.2 Å². The van der Waals surface area contributed by atoms with Crippen LogP contribution in [0.3, 0.4) is 0 Å². The van der Waals surface area contributed by atoms with E-state index in [-0.39, 0.29) is 27.3 Å². The summed E-state index contributed by atoms with van der Waals surface area (Å²) in [6, 6.07) is 7.63. The highest BCUT2D eigenvalue weighted by atomic mass is 35.5. The molecule has 2 rings (SSSR count). The predicted octanol–water partition coefficient (Wildman–Crippen LogP) is 6.01. The summed E-state index contributed by atoms with van der Waals surface area (Å²) in [6.07, 6.45) is -4.56. The van der Waals surface area contributed by atoms with Crippen LogP contribution in [0.15, 0.2) is 36.4 Å². The lowest BCUT2D eigenvalue weighted by molar-refractivity contribution is -0.137. The van der Waals surface area contributed by atoms with Crippen molar-refractivity contribution in [2.24, 2.45) is 0 Å². The normalized spacial score (nSPS) is 11.4. The van der Waals surface area contributed by atoms with Gasteiger partial charge in [0.1, 0.15) is 5.75 Å². The minimum atomic E-state index is -4.56. The number of ether oxygens (including phenoxy) is 1. The van der Waals surface area contributed by atoms with Gasteiger partial charge in [0.05, 0.1) is 15.6 Å². The van der Waals surface area contributed by atoms with E-state index in [1.807, 2.05) is 0 Å². The molecule has 0 unspecified atom stereocenters. The smallest absolute Gasteiger partial charge is 0.416 e. The number of carbonyl (C=O) groups excluding carboxylic acids is 1. The molecule has 0 atom stereocenters. The van der Waals surface area contributed by atoms with Crippen molar-refractivity contribution < 1.29 is 22.7 Å². The number of ketones is 1. The van der Waals surface area contributed by atoms with Crippen molar-refractivity contribution in [3.8, 4) is 11.5 Å². The van der Waals surface area contributed by atoms with Gasteiger partial charge in [-0.05, 0) is 31.2 Å². The van der Waals surface area contributed by atoms with Gasteiger partial charge < -0.3 is 4.74 Å². The van der Waals surface area contributed by atoms with Crippen LogP contribution < -0.4 is 4.74 Å². The van der Waals surface area contributed by atoms with E-state index in [0.717, 1.165) is 12.1 Å². The summed E-state index contributed by atoms with van der Waals surface area (Å²) in [5.41, 5.74) is -0.566. The average Bonchev–Trinajstić information content (AvgIpc) is 2.42. The summed E-state index contributed by atoms with van der Waals surface area (Å²) in [5, 5.41) is -0.541. The monoisotopic (exact) mass is 348 g/mol. The second-order valence-corrected chi connectivity index (χ2v) is 5.27. The number of carbonyl (C=O) groups is 1. The molecule has 0 bridgehead atoms. The summed E-state index contributed by atoms with van der Waals surface area (Å²) < 4.78 is 43.4. The Balaban J connectivity index is 2.38. The highest BCUT2D eigenvalue weighted by molar-refractivity contribution is 6.37. The Morgan fingerprint density at radius 3 is 2.18 bits per heavy atom. The molecule has 0 amide bonds. The van der Waals surface area contributed by atoms with Crippen LogP contribution in [0.5, 0.6) is 11.5 Å². The lowest BCUT2D eigenvalue weighted by Crippen LogP contribution is -2.05. The van der Waals surface area contributed by atoms with Crippen LogP contribution in [0.1, 0.15) is 22.8 Å². The second kappa shape index (κ2) is 6.18. The van der Waals surface area contributed by atoms with Gasteiger partial charge in [-0.2, -0.15) is 13.2 Å². The standard InChI is InChI=1S/C15H9Cl2F3O2/c1-8(21)9-3-2-4-11(5-9)22-14-12(16)6-10(7-13(14)17)15(18,19)20/h2-7H,1H3. The molecule has 2 aromatic rings. The van der Waals surface area contributed by atoms with Crippen molar-refractivity contribution in [3.05, 3.63) is 57.6 Å². The maximum Gasteiger partial charge on any atom is 0.416 e. The summed E-state index contributed by atoms with van der Waals surface area (Å²) in [6.45, 7) is 1.39. The first-order valence-corrected chi connectivity index (χ1v) is 6.79. The first-order chi connectivity index (χ1) is 10.2. The van der Waals surface area contributed by atoms with Crippen molar-refractivity contribution >= 4 is 29.0 Å². The summed E-state index contributed by atoms with van der Waals surface area (Å²) in [4.78, 5) is 11.3. The number of rotatable bonds is 3. The molecule has 7 heteroatoms. The number of benzene rings is 2. The third-order valence-electron chi connectivity index (χ3n) is 2.79. The molecular weight excluding hydrogens is 340 g/mol. The molecule has 0 aromatic heterocycles. The molecule has 0 heterocycles. The van der Waals surface area contributed by atoms with Gasteiger partial charge in [0.25, 0.3) is 0 Å². The van der Waals surface area contributed by atoms with Crippen LogP contribution in [-0.2, 0) is 6.18 Å². The summed E-state index contributed by atoms with van der Waals surface area (Å²) >= 11 is 11.6. The first kappa shape index (κ1) is 16.6. The number of halogens is 5. The van der Waals surface area contributed by atoms with E-state index in [1.165, 1.54) is 19.1 Å². The van der Waals surface area contributed by atoms with Gasteiger partial charge in [-0.25, -0.2) is 0 Å². The quantitative estimate of drug-likeness (QED) is 0.635. The van der Waals surface area contributed by atoms with Gasteiger partial charge in [-0.3, -0.25) is 4.79 Å². The first-order valence-electron chi connectivity index (χ1n) is 6.03. The molecule has 2 nitrogen and oxygen atoms in total. The van der Waals surface area contributed by atoms with E-state index in [4.69, 9.17) is 27.9 Å². The third-order valence-corrected chi connectivity index (χ3v) is 3.35. The Labute approximate surface area is 134 Å². The largest absolute Gasteiger partial charge is 0.454 e. The molecular formula is C15H9Cl2F3O2. The maximum atomic E-state index is 12.7. The second-order valence-electron chi connectivity index (χ2n) is 4.45. The Hall–Kier alpha value is -1.72. The average molecular weight is 349 g/mol. The lowest BCUT2D eigenvalue weighted by atomic mass is 10.1. The minimum Gasteiger partial charge on any atom is -0.454 e. The molecule has 0 aliphatic heterocycles. The zero-order valence-electron chi connectivity index (χ0n) is 11.2. The van der Waals surface area contributed by atoms with Gasteiger partial charge in [0.2, 0.25) is 0 Å². The summed E-state index contributed by atoms with van der Waals surface area (Å²) in [5.74, 6) is -0.0247. The zero-order valence-corrected chi connectivity index (χ0v) is 12.7. The van der Waals surface area contributed by atoms with Gasteiger partial charge >= 0.3 is 6.18 Å². The van der Waals surface area contributed by atoms with E-state index in [9.17, 15) is 18.0 Å². The Morgan fingerprint density at radius 1 is 1.09 bits per heavy atom. The van der Waals surface area contributed by atoms with E-state index in [0.29, 0.717) is 5.56 Å². The Morgan fingerprint density at radius 2 is 1.68 bits per heavy atom. The maximum absolute atomic E-state index is 12.7. The van der Waals surface area contributed by atoms with E-state index < -0.39 is 11.7 Å². The number of hydrogen-bond donors (Lipinski definition) is 0. The topological polar surface area (TPSA) is 26.3 Å². The number of alkyl halides is 3. The third kappa shape index (κ3) is 3.72. The number of hydrogen-bond acceptors (Lipinski definition) is 2. The van der Waals surface area contributed by atoms with Crippen molar-refractivity contribution in [3.63, 3.8) is 0 Å². The molecule has 0 aliphatic carbocycles. The van der Waals surface area contributed by atoms with Crippen LogP contribution in [0.4, 0.5) is 13.2 Å². The Bertz CT molecular complexity index is 704. The molecule has 0 radical (unpaired) electrons. The van der Waals surface area contributed by atoms with E-state index in [2.05, 4.69) is 0 Å². The lowest BCUT2D eigenvalue weighted by Gasteiger charge is -2.13. The number of Topliss-reactive ketones (excluding diaryl/α,β-unsaturated/α-hetero) is 1. The van der Waals surface area contributed by atoms with Gasteiger partial charge in [-0.1, -0.05) is 35.3 Å². The van der Waals surface area contributed by atoms with Crippen LogP contribution in [0.2, 0.25) is 10.0 Å². The van der Waals surface area contributed by atoms with Gasteiger partial charge in [0.15, 0.2) is 11.5 Å². The Kier molecular flexibility index (Phi) is 4.68. The van der Waals surface area contributed by atoms with Crippen LogP contribution in [0.25, 0.3) is 0 Å². The highest BCUT2D eigenvalue weighted by Crippen LogP contribution is 2.41. The molecule has 0 spiro atoms. The van der Waals surface area contributed by atoms with E-state index >= 15 is 0 Å². The van der Waals surface area contributed by atoms with Crippen molar-refractivity contribution in [1.29, 1.82) is 0 Å². The molecule has 0 saturated carbocycles. The highest BCUT2D eigenvalue weighted by Gasteiger charge is 2.32. The van der Waals surface area contributed by atoms with Gasteiger partial charge in [-0.15, -0.1) is 0 Å².